The number of benzene rings is 1. The number of aryl methyl sites for hydroxylation is 1. The summed E-state index contributed by atoms with van der Waals surface area (Å²) in [6.45, 7) is 2.76. The lowest BCUT2D eigenvalue weighted by molar-refractivity contribution is 0.101. The molecule has 9 heteroatoms. The van der Waals surface area contributed by atoms with Crippen LogP contribution >= 0.6 is 22.9 Å². The molecule has 142 valence electrons. The number of ether oxygens (including phenoxy) is 1. The number of hydrogen-bond donors (Lipinski definition) is 1. The lowest BCUT2D eigenvalue weighted by Crippen LogP contribution is -2.19. The molecule has 0 unspecified atom stereocenters. The zero-order chi connectivity index (χ0) is 19.4. The van der Waals surface area contributed by atoms with Gasteiger partial charge in [-0.25, -0.2) is 9.37 Å². The predicted octanol–water partition coefficient (Wildman–Crippen LogP) is 3.93. The van der Waals surface area contributed by atoms with E-state index in [1.807, 2.05) is 6.92 Å². The molecule has 2 heterocycles. The topological polar surface area (TPSA) is 69.0 Å². The first-order valence-electron chi connectivity index (χ1n) is 8.19. The Bertz CT molecular complexity index is 936. The van der Waals surface area contributed by atoms with Gasteiger partial charge in [-0.15, -0.1) is 11.3 Å². The number of hydrogen-bond acceptors (Lipinski definition) is 5. The molecule has 3 rings (SSSR count). The molecule has 2 aromatic heterocycles. The summed E-state index contributed by atoms with van der Waals surface area (Å²) in [6.07, 6.45) is 2.01. The quantitative estimate of drug-likeness (QED) is 0.643. The summed E-state index contributed by atoms with van der Waals surface area (Å²) in [7, 11) is 1.59. The highest BCUT2D eigenvalue weighted by atomic mass is 35.5. The molecule has 6 nitrogen and oxygen atoms in total. The summed E-state index contributed by atoms with van der Waals surface area (Å²) < 4.78 is 20.1. The van der Waals surface area contributed by atoms with E-state index in [4.69, 9.17) is 16.3 Å². The molecular weight excluding hydrogens is 391 g/mol. The highest BCUT2D eigenvalue weighted by molar-refractivity contribution is 7.16. The van der Waals surface area contributed by atoms with Crippen LogP contribution in [0.3, 0.4) is 0 Å². The van der Waals surface area contributed by atoms with Crippen LogP contribution in [0.5, 0.6) is 0 Å². The van der Waals surface area contributed by atoms with E-state index in [1.165, 1.54) is 23.5 Å². The summed E-state index contributed by atoms with van der Waals surface area (Å²) in [5.74, 6) is -0.653. The summed E-state index contributed by atoms with van der Waals surface area (Å²) >= 11 is 7.25. The molecule has 0 saturated heterocycles. The zero-order valence-corrected chi connectivity index (χ0v) is 16.4. The summed E-state index contributed by atoms with van der Waals surface area (Å²) in [4.78, 5) is 17.0. The second-order valence-corrected chi connectivity index (χ2v) is 7.38. The molecular formula is C18H18ClFN4O2S. The maximum atomic E-state index is 13.5. The van der Waals surface area contributed by atoms with Crippen LogP contribution in [-0.4, -0.2) is 34.4 Å². The Morgan fingerprint density at radius 2 is 2.22 bits per heavy atom. The van der Waals surface area contributed by atoms with E-state index in [0.29, 0.717) is 41.0 Å². The number of carbonyl (C=O) groups is 1. The number of rotatable bonds is 7. The molecule has 0 radical (unpaired) electrons. The second-order valence-electron chi connectivity index (χ2n) is 5.86. The van der Waals surface area contributed by atoms with Crippen molar-refractivity contribution in [3.05, 3.63) is 63.3 Å². The van der Waals surface area contributed by atoms with Gasteiger partial charge in [0.25, 0.3) is 5.91 Å². The average molecular weight is 409 g/mol. The number of halogens is 2. The largest absolute Gasteiger partial charge is 0.383 e. The summed E-state index contributed by atoms with van der Waals surface area (Å²) in [6, 6.07) is 6.04. The van der Waals surface area contributed by atoms with E-state index in [0.717, 1.165) is 10.6 Å². The SMILES string of the molecule is COCCn1nccc1C(=O)Nc1sc(Cc2cc(F)cc(Cl)c2)nc1C. The van der Waals surface area contributed by atoms with Crippen molar-refractivity contribution >= 4 is 33.8 Å². The summed E-state index contributed by atoms with van der Waals surface area (Å²) in [5.41, 5.74) is 1.87. The summed E-state index contributed by atoms with van der Waals surface area (Å²) in [5, 5.41) is 8.76. The minimum absolute atomic E-state index is 0.268. The predicted molar refractivity (Wildman–Crippen MR) is 103 cm³/mol. The normalized spacial score (nSPS) is 11.0. The minimum atomic E-state index is -0.386. The molecule has 0 spiro atoms. The van der Waals surface area contributed by atoms with Gasteiger partial charge in [0, 0.05) is 24.8 Å². The molecule has 0 aliphatic heterocycles. The molecule has 0 saturated carbocycles. The Labute approximate surface area is 164 Å². The number of thiazole rings is 1. The van der Waals surface area contributed by atoms with Gasteiger partial charge in [0.2, 0.25) is 0 Å². The number of amides is 1. The number of nitrogens with zero attached hydrogens (tertiary/aromatic N) is 3. The number of aromatic nitrogens is 3. The van der Waals surface area contributed by atoms with Crippen LogP contribution in [0.15, 0.2) is 30.5 Å². The highest BCUT2D eigenvalue weighted by Crippen LogP contribution is 2.27. The van der Waals surface area contributed by atoms with Gasteiger partial charge in [-0.2, -0.15) is 5.10 Å². The lowest BCUT2D eigenvalue weighted by atomic mass is 10.1. The third-order valence-corrected chi connectivity index (χ3v) is 5.09. The Hall–Kier alpha value is -2.29. The van der Waals surface area contributed by atoms with E-state index in [1.54, 1.807) is 30.1 Å². The number of nitrogens with one attached hydrogen (secondary N) is 1. The third-order valence-electron chi connectivity index (χ3n) is 3.80. The second kappa shape index (κ2) is 8.60. The Kier molecular flexibility index (Phi) is 6.20. The number of anilines is 1. The smallest absolute Gasteiger partial charge is 0.274 e. The fraction of sp³-hybridized carbons (Fsp3) is 0.278. The molecule has 1 aromatic carbocycles. The molecule has 0 bridgehead atoms. The lowest BCUT2D eigenvalue weighted by Gasteiger charge is -2.07. The Morgan fingerprint density at radius 3 is 2.96 bits per heavy atom. The molecule has 1 N–H and O–H groups in total. The van der Waals surface area contributed by atoms with Crippen LogP contribution in [0.2, 0.25) is 5.02 Å². The maximum Gasteiger partial charge on any atom is 0.274 e. The van der Waals surface area contributed by atoms with E-state index in [2.05, 4.69) is 15.4 Å². The fourth-order valence-electron chi connectivity index (χ4n) is 2.58. The van der Waals surface area contributed by atoms with E-state index >= 15 is 0 Å². The van der Waals surface area contributed by atoms with Gasteiger partial charge < -0.3 is 10.1 Å². The third kappa shape index (κ3) is 4.91. The number of methoxy groups -OCH3 is 1. The van der Waals surface area contributed by atoms with Gasteiger partial charge in [-0.3, -0.25) is 9.48 Å². The Morgan fingerprint density at radius 1 is 1.41 bits per heavy atom. The number of carbonyl (C=O) groups excluding carboxylic acids is 1. The van der Waals surface area contributed by atoms with Crippen molar-refractivity contribution in [2.24, 2.45) is 0 Å². The van der Waals surface area contributed by atoms with Gasteiger partial charge in [0.15, 0.2) is 0 Å². The van der Waals surface area contributed by atoms with Crippen molar-refractivity contribution in [3.63, 3.8) is 0 Å². The standard InChI is InChI=1S/C18H18ClFN4O2S/c1-11-18(23-17(25)15-3-4-21-24(15)5-6-26-2)27-16(22-11)9-12-7-13(19)10-14(20)8-12/h3-4,7-8,10H,5-6,9H2,1-2H3,(H,23,25). The monoisotopic (exact) mass is 408 g/mol. The average Bonchev–Trinajstić information content (AvgIpc) is 3.19. The molecule has 0 atom stereocenters. The van der Waals surface area contributed by atoms with Crippen molar-refractivity contribution < 1.29 is 13.9 Å². The Balaban J connectivity index is 1.73. The van der Waals surface area contributed by atoms with Gasteiger partial charge >= 0.3 is 0 Å². The molecule has 0 fully saturated rings. The van der Waals surface area contributed by atoms with Crippen LogP contribution in [0, 0.1) is 12.7 Å². The van der Waals surface area contributed by atoms with Crippen molar-refractivity contribution in [3.8, 4) is 0 Å². The van der Waals surface area contributed by atoms with Crippen LogP contribution in [0.25, 0.3) is 0 Å². The van der Waals surface area contributed by atoms with Crippen LogP contribution < -0.4 is 5.32 Å². The first-order chi connectivity index (χ1) is 13.0. The van der Waals surface area contributed by atoms with Gasteiger partial charge in [0.1, 0.15) is 16.5 Å². The first-order valence-corrected chi connectivity index (χ1v) is 9.39. The maximum absolute atomic E-state index is 13.5. The minimum Gasteiger partial charge on any atom is -0.383 e. The highest BCUT2D eigenvalue weighted by Gasteiger charge is 2.16. The van der Waals surface area contributed by atoms with E-state index in [9.17, 15) is 9.18 Å². The van der Waals surface area contributed by atoms with E-state index < -0.39 is 0 Å². The van der Waals surface area contributed by atoms with Crippen molar-refractivity contribution in [2.45, 2.75) is 19.9 Å². The molecule has 0 aliphatic rings. The molecule has 1 amide bonds. The van der Waals surface area contributed by atoms with Crippen LogP contribution in [-0.2, 0) is 17.7 Å². The van der Waals surface area contributed by atoms with Crippen molar-refractivity contribution in [1.29, 1.82) is 0 Å². The van der Waals surface area contributed by atoms with Gasteiger partial charge in [-0.05, 0) is 36.8 Å². The first kappa shape index (κ1) is 19.5. The molecule has 0 aliphatic carbocycles. The van der Waals surface area contributed by atoms with Crippen molar-refractivity contribution in [1.82, 2.24) is 14.8 Å². The zero-order valence-electron chi connectivity index (χ0n) is 14.8. The fourth-order valence-corrected chi connectivity index (χ4v) is 3.82. The van der Waals surface area contributed by atoms with Crippen LogP contribution in [0.4, 0.5) is 9.39 Å². The van der Waals surface area contributed by atoms with Gasteiger partial charge in [-0.1, -0.05) is 11.6 Å². The van der Waals surface area contributed by atoms with Gasteiger partial charge in [0.05, 0.1) is 23.9 Å². The molecule has 27 heavy (non-hydrogen) atoms. The van der Waals surface area contributed by atoms with E-state index in [-0.39, 0.29) is 11.7 Å². The van der Waals surface area contributed by atoms with Crippen molar-refractivity contribution in [2.75, 3.05) is 19.0 Å². The molecule has 3 aromatic rings. The van der Waals surface area contributed by atoms with Crippen LogP contribution in [0.1, 0.15) is 26.8 Å².